The lowest BCUT2D eigenvalue weighted by atomic mass is 10.3. The van der Waals surface area contributed by atoms with Crippen LogP contribution in [-0.2, 0) is 4.79 Å². The molecule has 7 nitrogen and oxygen atoms in total. The molecular weight excluding hydrogens is 354 g/mol. The van der Waals surface area contributed by atoms with E-state index in [1.165, 1.54) is 11.8 Å². The number of H-pyrrole nitrogens is 1. The molecule has 0 aliphatic carbocycles. The molecule has 0 bridgehead atoms. The van der Waals surface area contributed by atoms with E-state index in [-0.39, 0.29) is 11.7 Å². The zero-order valence-corrected chi connectivity index (χ0v) is 15.5. The van der Waals surface area contributed by atoms with E-state index < -0.39 is 0 Å². The number of hydrogen-bond acceptors (Lipinski definition) is 6. The fourth-order valence-electron chi connectivity index (χ4n) is 2.40. The predicted molar refractivity (Wildman–Crippen MR) is 102 cm³/mol. The van der Waals surface area contributed by atoms with Gasteiger partial charge < -0.3 is 19.2 Å². The zero-order valence-electron chi connectivity index (χ0n) is 14.7. The lowest BCUT2D eigenvalue weighted by molar-refractivity contribution is -0.113. The largest absolute Gasteiger partial charge is 0.497 e. The molecule has 0 saturated carbocycles. The second-order valence-electron chi connectivity index (χ2n) is 5.32. The number of fused-ring (bicyclic) bond motifs is 1. The van der Waals surface area contributed by atoms with Crippen molar-refractivity contribution in [2.45, 2.75) is 4.90 Å². The topological polar surface area (TPSA) is 85.5 Å². The fraction of sp³-hybridized carbons (Fsp3) is 0.222. The maximum Gasteiger partial charge on any atom is 0.237 e. The van der Waals surface area contributed by atoms with Gasteiger partial charge in [0.1, 0.15) is 5.75 Å². The average molecular weight is 373 g/mol. The Morgan fingerprint density at radius 3 is 2.62 bits per heavy atom. The number of anilines is 1. The molecule has 1 heterocycles. The molecule has 0 spiro atoms. The van der Waals surface area contributed by atoms with Crippen LogP contribution in [0.4, 0.5) is 5.95 Å². The van der Waals surface area contributed by atoms with Crippen molar-refractivity contribution in [3.05, 3.63) is 36.4 Å². The summed E-state index contributed by atoms with van der Waals surface area (Å²) in [5, 5.41) is 2.77. The van der Waals surface area contributed by atoms with Gasteiger partial charge in [-0.3, -0.25) is 10.1 Å². The molecule has 0 atom stereocenters. The highest BCUT2D eigenvalue weighted by molar-refractivity contribution is 8.00. The van der Waals surface area contributed by atoms with Crippen molar-refractivity contribution in [3.8, 4) is 17.2 Å². The van der Waals surface area contributed by atoms with Crippen LogP contribution in [0.3, 0.4) is 0 Å². The molecule has 2 aromatic carbocycles. The van der Waals surface area contributed by atoms with Gasteiger partial charge in [-0.05, 0) is 30.3 Å². The minimum absolute atomic E-state index is 0.157. The van der Waals surface area contributed by atoms with E-state index in [1.54, 1.807) is 21.3 Å². The van der Waals surface area contributed by atoms with Crippen molar-refractivity contribution in [2.24, 2.45) is 0 Å². The standard InChI is InChI=1S/C18H19N3O4S/c1-23-11-4-6-13-14(8-11)20-18(19-13)21-17(22)10-26-12-5-7-15(24-2)16(9-12)25-3/h4-9H,10H2,1-3H3,(H2,19,20,21,22). The van der Waals surface area contributed by atoms with E-state index in [0.717, 1.165) is 21.7 Å². The fourth-order valence-corrected chi connectivity index (χ4v) is 3.12. The second-order valence-corrected chi connectivity index (χ2v) is 6.37. The minimum Gasteiger partial charge on any atom is -0.497 e. The summed E-state index contributed by atoms with van der Waals surface area (Å²) in [6.45, 7) is 0. The van der Waals surface area contributed by atoms with Crippen LogP contribution in [-0.4, -0.2) is 43.0 Å². The number of carbonyl (C=O) groups is 1. The highest BCUT2D eigenvalue weighted by atomic mass is 32.2. The van der Waals surface area contributed by atoms with Gasteiger partial charge >= 0.3 is 0 Å². The lowest BCUT2D eigenvalue weighted by Crippen LogP contribution is -2.14. The van der Waals surface area contributed by atoms with Gasteiger partial charge in [-0.2, -0.15) is 0 Å². The first-order valence-corrected chi connectivity index (χ1v) is 8.80. The van der Waals surface area contributed by atoms with Crippen molar-refractivity contribution in [1.82, 2.24) is 9.97 Å². The van der Waals surface area contributed by atoms with Gasteiger partial charge in [-0.15, -0.1) is 11.8 Å². The smallest absolute Gasteiger partial charge is 0.237 e. The number of imidazole rings is 1. The molecule has 0 saturated heterocycles. The van der Waals surface area contributed by atoms with Crippen LogP contribution in [0.15, 0.2) is 41.3 Å². The summed E-state index contributed by atoms with van der Waals surface area (Å²) >= 11 is 1.40. The van der Waals surface area contributed by atoms with Crippen LogP contribution in [0, 0.1) is 0 Å². The molecule has 0 aliphatic rings. The van der Waals surface area contributed by atoms with Crippen molar-refractivity contribution >= 4 is 34.7 Å². The Bertz CT molecular complexity index is 926. The molecule has 0 aliphatic heterocycles. The third-order valence-corrected chi connectivity index (χ3v) is 4.67. The quantitative estimate of drug-likeness (QED) is 0.618. The van der Waals surface area contributed by atoms with E-state index in [0.29, 0.717) is 17.4 Å². The number of benzene rings is 2. The van der Waals surface area contributed by atoms with Gasteiger partial charge in [0.05, 0.1) is 38.1 Å². The van der Waals surface area contributed by atoms with Gasteiger partial charge in [0.25, 0.3) is 0 Å². The van der Waals surface area contributed by atoms with Crippen molar-refractivity contribution in [2.75, 3.05) is 32.4 Å². The summed E-state index contributed by atoms with van der Waals surface area (Å²) in [4.78, 5) is 20.5. The van der Waals surface area contributed by atoms with Gasteiger partial charge in [-0.1, -0.05) is 0 Å². The molecule has 136 valence electrons. The summed E-state index contributed by atoms with van der Waals surface area (Å²) in [5.74, 6) is 2.50. The Balaban J connectivity index is 1.62. The third-order valence-electron chi connectivity index (χ3n) is 3.67. The Morgan fingerprint density at radius 2 is 1.88 bits per heavy atom. The van der Waals surface area contributed by atoms with Crippen molar-refractivity contribution in [3.63, 3.8) is 0 Å². The normalized spacial score (nSPS) is 10.6. The second kappa shape index (κ2) is 8.01. The number of aromatic nitrogens is 2. The van der Waals surface area contributed by atoms with Crippen LogP contribution in [0.25, 0.3) is 11.0 Å². The number of methoxy groups -OCH3 is 3. The summed E-state index contributed by atoms with van der Waals surface area (Å²) in [7, 11) is 4.77. The lowest BCUT2D eigenvalue weighted by Gasteiger charge is -2.09. The maximum absolute atomic E-state index is 12.2. The van der Waals surface area contributed by atoms with Crippen molar-refractivity contribution < 1.29 is 19.0 Å². The monoisotopic (exact) mass is 373 g/mol. The zero-order chi connectivity index (χ0) is 18.5. The molecule has 0 fully saturated rings. The van der Waals surface area contributed by atoms with E-state index in [2.05, 4.69) is 15.3 Å². The predicted octanol–water partition coefficient (Wildman–Crippen LogP) is 3.32. The average Bonchev–Trinajstić information content (AvgIpc) is 3.07. The van der Waals surface area contributed by atoms with E-state index in [9.17, 15) is 4.79 Å². The van der Waals surface area contributed by atoms with Crippen LogP contribution < -0.4 is 19.5 Å². The molecular formula is C18H19N3O4S. The Hall–Kier alpha value is -2.87. The van der Waals surface area contributed by atoms with Crippen molar-refractivity contribution in [1.29, 1.82) is 0 Å². The first-order chi connectivity index (χ1) is 12.6. The molecule has 26 heavy (non-hydrogen) atoms. The summed E-state index contributed by atoms with van der Waals surface area (Å²) in [5.41, 5.74) is 1.56. The number of ether oxygens (including phenoxy) is 3. The molecule has 2 N–H and O–H groups in total. The Kier molecular flexibility index (Phi) is 5.52. The summed E-state index contributed by atoms with van der Waals surface area (Å²) in [6, 6.07) is 11.0. The number of hydrogen-bond donors (Lipinski definition) is 2. The summed E-state index contributed by atoms with van der Waals surface area (Å²) in [6.07, 6.45) is 0. The SMILES string of the molecule is COc1ccc2nc(NC(=O)CSc3ccc(OC)c(OC)c3)[nH]c2c1. The number of carbonyl (C=O) groups excluding carboxylic acids is 1. The van der Waals surface area contributed by atoms with Gasteiger partial charge in [0, 0.05) is 11.0 Å². The van der Waals surface area contributed by atoms with Gasteiger partial charge in [0.2, 0.25) is 11.9 Å². The number of rotatable bonds is 7. The van der Waals surface area contributed by atoms with Gasteiger partial charge in [0.15, 0.2) is 11.5 Å². The molecule has 8 heteroatoms. The molecule has 0 radical (unpaired) electrons. The van der Waals surface area contributed by atoms with E-state index in [4.69, 9.17) is 14.2 Å². The highest BCUT2D eigenvalue weighted by Crippen LogP contribution is 2.31. The Labute approximate surface area is 155 Å². The highest BCUT2D eigenvalue weighted by Gasteiger charge is 2.10. The minimum atomic E-state index is -0.157. The molecule has 3 aromatic rings. The summed E-state index contributed by atoms with van der Waals surface area (Å²) < 4.78 is 15.7. The number of amides is 1. The molecule has 0 unspecified atom stereocenters. The van der Waals surface area contributed by atoms with E-state index in [1.807, 2.05) is 36.4 Å². The molecule has 3 rings (SSSR count). The third kappa shape index (κ3) is 4.02. The number of aromatic amines is 1. The number of nitrogens with one attached hydrogen (secondary N) is 2. The number of thioether (sulfide) groups is 1. The van der Waals surface area contributed by atoms with Crippen LogP contribution in [0.5, 0.6) is 17.2 Å². The first kappa shape index (κ1) is 17.9. The van der Waals surface area contributed by atoms with Crippen LogP contribution >= 0.6 is 11.8 Å². The first-order valence-electron chi connectivity index (χ1n) is 7.81. The number of nitrogens with zero attached hydrogens (tertiary/aromatic N) is 1. The van der Waals surface area contributed by atoms with Crippen LogP contribution in [0.1, 0.15) is 0 Å². The Morgan fingerprint density at radius 1 is 1.08 bits per heavy atom. The molecule has 1 amide bonds. The molecule has 1 aromatic heterocycles. The van der Waals surface area contributed by atoms with Gasteiger partial charge in [-0.25, -0.2) is 4.98 Å². The van der Waals surface area contributed by atoms with E-state index >= 15 is 0 Å². The maximum atomic E-state index is 12.2. The van der Waals surface area contributed by atoms with Crippen LogP contribution in [0.2, 0.25) is 0 Å².